The van der Waals surface area contributed by atoms with E-state index in [4.69, 9.17) is 5.73 Å². The Morgan fingerprint density at radius 3 is 2.50 bits per heavy atom. The number of aryl methyl sites for hydroxylation is 1. The van der Waals surface area contributed by atoms with E-state index < -0.39 is 30.8 Å². The molecule has 0 aliphatic heterocycles. The summed E-state index contributed by atoms with van der Waals surface area (Å²) in [6, 6.07) is 1.50. The first kappa shape index (κ1) is 12.6. The first-order valence-electron chi connectivity index (χ1n) is 4.95. The summed E-state index contributed by atoms with van der Waals surface area (Å²) in [4.78, 5) is 3.59. The van der Waals surface area contributed by atoms with Gasteiger partial charge in [0.15, 0.2) is 5.82 Å². The molecule has 0 saturated carbocycles. The lowest BCUT2D eigenvalue weighted by atomic mass is 10.3. The number of nitrogens with zero attached hydrogens (tertiary/aromatic N) is 2. The van der Waals surface area contributed by atoms with Crippen molar-refractivity contribution in [2.24, 2.45) is 0 Å². The van der Waals surface area contributed by atoms with Crippen molar-refractivity contribution < 1.29 is 22.0 Å². The number of hydrogen-bond acceptors (Lipinski definition) is 2. The number of nitrogens with two attached hydrogens (primary N) is 1. The van der Waals surface area contributed by atoms with E-state index in [2.05, 4.69) is 4.98 Å². The fraction of sp³-hybridized carbons (Fsp3) is 0.300. The Kier molecular flexibility index (Phi) is 2.88. The van der Waals surface area contributed by atoms with E-state index >= 15 is 0 Å². The number of benzene rings is 1. The van der Waals surface area contributed by atoms with Gasteiger partial charge in [0.05, 0.1) is 11.9 Å². The molecule has 0 unspecified atom stereocenters. The molecule has 0 bridgehead atoms. The summed E-state index contributed by atoms with van der Waals surface area (Å²) in [5, 5.41) is 0. The third-order valence-electron chi connectivity index (χ3n) is 2.42. The van der Waals surface area contributed by atoms with Gasteiger partial charge in [-0.2, -0.15) is 13.2 Å². The number of alkyl halides is 3. The predicted octanol–water partition coefficient (Wildman–Crippen LogP) is 2.85. The van der Waals surface area contributed by atoms with Gasteiger partial charge in [0.1, 0.15) is 11.3 Å². The molecule has 2 N–H and O–H groups in total. The molecule has 98 valence electrons. The van der Waals surface area contributed by atoms with Crippen molar-refractivity contribution >= 4 is 17.0 Å². The third-order valence-corrected chi connectivity index (χ3v) is 2.42. The molecule has 0 atom stereocenters. The minimum Gasteiger partial charge on any atom is -0.369 e. The molecule has 3 nitrogen and oxygen atoms in total. The molecule has 0 aliphatic rings. The van der Waals surface area contributed by atoms with E-state index in [0.29, 0.717) is 6.07 Å². The number of hydrogen-bond donors (Lipinski definition) is 1. The smallest absolute Gasteiger partial charge is 0.369 e. The van der Waals surface area contributed by atoms with Crippen LogP contribution < -0.4 is 5.73 Å². The number of anilines is 1. The highest BCUT2D eigenvalue weighted by Gasteiger charge is 2.27. The molecular formula is C10H8F5N3. The van der Waals surface area contributed by atoms with E-state index in [0.717, 1.165) is 10.6 Å². The normalized spacial score (nSPS) is 12.3. The summed E-state index contributed by atoms with van der Waals surface area (Å²) in [6.45, 7) is -0.533. The van der Waals surface area contributed by atoms with E-state index in [1.165, 1.54) is 0 Å². The first-order valence-corrected chi connectivity index (χ1v) is 4.95. The van der Waals surface area contributed by atoms with Crippen LogP contribution in [0.25, 0.3) is 11.0 Å². The Morgan fingerprint density at radius 2 is 1.89 bits per heavy atom. The molecule has 2 rings (SSSR count). The lowest BCUT2D eigenvalue weighted by Crippen LogP contribution is -2.13. The molecule has 0 spiro atoms. The van der Waals surface area contributed by atoms with Crippen LogP contribution in [0.5, 0.6) is 0 Å². The molecule has 0 fully saturated rings. The molecule has 0 radical (unpaired) electrons. The quantitative estimate of drug-likeness (QED) is 0.848. The van der Waals surface area contributed by atoms with Crippen molar-refractivity contribution in [2.75, 3.05) is 5.73 Å². The van der Waals surface area contributed by atoms with E-state index in [1.54, 1.807) is 0 Å². The van der Waals surface area contributed by atoms with Gasteiger partial charge in [-0.05, 0) is 0 Å². The molecule has 1 aromatic heterocycles. The lowest BCUT2D eigenvalue weighted by molar-refractivity contribution is -0.136. The zero-order valence-corrected chi connectivity index (χ0v) is 8.93. The highest BCUT2D eigenvalue weighted by Crippen LogP contribution is 2.26. The SMILES string of the molecule is Nc1nc2c(F)cc(F)cc2n1CCC(F)(F)F. The number of fused-ring (bicyclic) bond motifs is 1. The molecule has 1 aromatic carbocycles. The molecule has 0 amide bonds. The Balaban J connectivity index is 2.47. The number of imidazole rings is 1. The van der Waals surface area contributed by atoms with E-state index in [9.17, 15) is 22.0 Å². The fourth-order valence-electron chi connectivity index (χ4n) is 1.64. The highest BCUT2D eigenvalue weighted by molar-refractivity contribution is 5.79. The molecular weight excluding hydrogens is 257 g/mol. The van der Waals surface area contributed by atoms with Gasteiger partial charge in [0, 0.05) is 18.7 Å². The van der Waals surface area contributed by atoms with Gasteiger partial charge >= 0.3 is 6.18 Å². The van der Waals surface area contributed by atoms with Crippen molar-refractivity contribution in [2.45, 2.75) is 19.1 Å². The fourth-order valence-corrected chi connectivity index (χ4v) is 1.64. The van der Waals surface area contributed by atoms with Crippen LogP contribution in [0.15, 0.2) is 12.1 Å². The third kappa shape index (κ3) is 2.36. The summed E-state index contributed by atoms with van der Waals surface area (Å²) < 4.78 is 63.6. The summed E-state index contributed by atoms with van der Waals surface area (Å²) in [7, 11) is 0. The largest absolute Gasteiger partial charge is 0.390 e. The number of rotatable bonds is 2. The van der Waals surface area contributed by atoms with Gasteiger partial charge in [-0.25, -0.2) is 13.8 Å². The summed E-state index contributed by atoms with van der Waals surface area (Å²) in [6.07, 6.45) is -5.53. The minimum absolute atomic E-state index is 0.0887. The van der Waals surface area contributed by atoms with Crippen molar-refractivity contribution in [1.29, 1.82) is 0 Å². The molecule has 8 heteroatoms. The maximum atomic E-state index is 13.3. The van der Waals surface area contributed by atoms with Crippen molar-refractivity contribution in [3.63, 3.8) is 0 Å². The zero-order valence-electron chi connectivity index (χ0n) is 8.93. The number of nitrogen functional groups attached to an aromatic ring is 1. The van der Waals surface area contributed by atoms with Crippen molar-refractivity contribution in [1.82, 2.24) is 9.55 Å². The minimum atomic E-state index is -4.38. The lowest BCUT2D eigenvalue weighted by Gasteiger charge is -2.09. The second-order valence-corrected chi connectivity index (χ2v) is 3.74. The van der Waals surface area contributed by atoms with Gasteiger partial charge in [-0.1, -0.05) is 0 Å². The van der Waals surface area contributed by atoms with Crippen LogP contribution in [0.2, 0.25) is 0 Å². The van der Waals surface area contributed by atoms with E-state index in [-0.39, 0.29) is 17.0 Å². The summed E-state index contributed by atoms with van der Waals surface area (Å²) >= 11 is 0. The van der Waals surface area contributed by atoms with Gasteiger partial charge in [-0.15, -0.1) is 0 Å². The van der Waals surface area contributed by atoms with Gasteiger partial charge in [-0.3, -0.25) is 0 Å². The Labute approximate surface area is 98.0 Å². The maximum Gasteiger partial charge on any atom is 0.390 e. The standard InChI is InChI=1S/C10H8F5N3/c11-5-3-6(12)8-7(4-5)18(9(16)17-8)2-1-10(13,14)15/h3-4H,1-2H2,(H2,16,17). The monoisotopic (exact) mass is 265 g/mol. The topological polar surface area (TPSA) is 43.8 Å². The van der Waals surface area contributed by atoms with Crippen LogP contribution in [-0.4, -0.2) is 15.7 Å². The molecule has 1 heterocycles. The second-order valence-electron chi connectivity index (χ2n) is 3.74. The van der Waals surface area contributed by atoms with Crippen LogP contribution in [0.4, 0.5) is 27.9 Å². The van der Waals surface area contributed by atoms with E-state index in [1.807, 2.05) is 0 Å². The van der Waals surface area contributed by atoms with Crippen LogP contribution in [0.3, 0.4) is 0 Å². The zero-order chi connectivity index (χ0) is 13.5. The molecule has 0 saturated heterocycles. The number of halogens is 5. The second kappa shape index (κ2) is 4.11. The van der Waals surface area contributed by atoms with Crippen LogP contribution in [-0.2, 0) is 6.54 Å². The van der Waals surface area contributed by atoms with Gasteiger partial charge < -0.3 is 10.3 Å². The molecule has 0 aliphatic carbocycles. The summed E-state index contributed by atoms with van der Waals surface area (Å²) in [5.74, 6) is -2.13. The first-order chi connectivity index (χ1) is 8.28. The highest BCUT2D eigenvalue weighted by atomic mass is 19.4. The van der Waals surface area contributed by atoms with Gasteiger partial charge in [0.25, 0.3) is 0 Å². The molecule has 18 heavy (non-hydrogen) atoms. The van der Waals surface area contributed by atoms with Crippen LogP contribution in [0.1, 0.15) is 6.42 Å². The number of aromatic nitrogens is 2. The van der Waals surface area contributed by atoms with Gasteiger partial charge in [0.2, 0.25) is 5.95 Å². The Hall–Kier alpha value is -1.86. The average molecular weight is 265 g/mol. The Bertz CT molecular complexity index is 587. The predicted molar refractivity (Wildman–Crippen MR) is 54.7 cm³/mol. The maximum absolute atomic E-state index is 13.3. The van der Waals surface area contributed by atoms with Crippen molar-refractivity contribution in [3.05, 3.63) is 23.8 Å². The Morgan fingerprint density at radius 1 is 1.22 bits per heavy atom. The average Bonchev–Trinajstić information content (AvgIpc) is 2.51. The summed E-state index contributed by atoms with van der Waals surface area (Å²) in [5.41, 5.74) is 5.07. The van der Waals surface area contributed by atoms with Crippen LogP contribution >= 0.6 is 0 Å². The van der Waals surface area contributed by atoms with Crippen molar-refractivity contribution in [3.8, 4) is 0 Å². The molecule has 2 aromatic rings. The van der Waals surface area contributed by atoms with Crippen LogP contribution in [0, 0.1) is 11.6 Å².